The van der Waals surface area contributed by atoms with Gasteiger partial charge in [-0.2, -0.15) is 0 Å². The van der Waals surface area contributed by atoms with E-state index in [0.717, 1.165) is 25.1 Å². The van der Waals surface area contributed by atoms with Crippen LogP contribution in [-0.2, 0) is 6.42 Å². The van der Waals surface area contributed by atoms with Crippen molar-refractivity contribution in [2.75, 3.05) is 17.2 Å². The predicted molar refractivity (Wildman–Crippen MR) is 75.2 cm³/mol. The molecule has 2 heterocycles. The SMILES string of the molecule is Cc1ccc2c(c1)CCCN2c1cccnc1N. The van der Waals surface area contributed by atoms with E-state index >= 15 is 0 Å². The fourth-order valence-corrected chi connectivity index (χ4v) is 2.61. The number of fused-ring (bicyclic) bond motifs is 1. The van der Waals surface area contributed by atoms with E-state index in [-0.39, 0.29) is 0 Å². The van der Waals surface area contributed by atoms with Crippen LogP contribution in [0.3, 0.4) is 0 Å². The Bertz CT molecular complexity index is 578. The molecule has 0 amide bonds. The molecule has 0 aliphatic carbocycles. The third kappa shape index (κ3) is 1.82. The van der Waals surface area contributed by atoms with Gasteiger partial charge >= 0.3 is 0 Å². The average Bonchev–Trinajstić information content (AvgIpc) is 2.38. The highest BCUT2D eigenvalue weighted by Crippen LogP contribution is 2.35. The summed E-state index contributed by atoms with van der Waals surface area (Å²) in [7, 11) is 0. The van der Waals surface area contributed by atoms with Crippen LogP contribution in [0.1, 0.15) is 17.5 Å². The second-order valence-corrected chi connectivity index (χ2v) is 4.80. The highest BCUT2D eigenvalue weighted by molar-refractivity contribution is 5.74. The Balaban J connectivity index is 2.09. The zero-order valence-electron chi connectivity index (χ0n) is 10.6. The van der Waals surface area contributed by atoms with Gasteiger partial charge in [-0.05, 0) is 43.5 Å². The van der Waals surface area contributed by atoms with Crippen molar-refractivity contribution >= 4 is 17.2 Å². The van der Waals surface area contributed by atoms with Gasteiger partial charge in [0.1, 0.15) is 5.82 Å². The van der Waals surface area contributed by atoms with Crippen LogP contribution in [0.25, 0.3) is 0 Å². The summed E-state index contributed by atoms with van der Waals surface area (Å²) in [6.07, 6.45) is 4.04. The summed E-state index contributed by atoms with van der Waals surface area (Å²) in [6.45, 7) is 3.14. The molecule has 0 saturated carbocycles. The summed E-state index contributed by atoms with van der Waals surface area (Å²) in [4.78, 5) is 6.46. The van der Waals surface area contributed by atoms with E-state index in [2.05, 4.69) is 35.0 Å². The molecule has 0 fully saturated rings. The normalized spacial score (nSPS) is 14.4. The van der Waals surface area contributed by atoms with Crippen LogP contribution in [0.5, 0.6) is 0 Å². The van der Waals surface area contributed by atoms with Gasteiger partial charge in [-0.15, -0.1) is 0 Å². The van der Waals surface area contributed by atoms with Crippen LogP contribution in [0, 0.1) is 6.92 Å². The van der Waals surface area contributed by atoms with Gasteiger partial charge in [-0.25, -0.2) is 4.98 Å². The lowest BCUT2D eigenvalue weighted by atomic mass is 9.99. The van der Waals surface area contributed by atoms with E-state index < -0.39 is 0 Å². The third-order valence-electron chi connectivity index (χ3n) is 3.46. The molecule has 2 aromatic rings. The lowest BCUT2D eigenvalue weighted by molar-refractivity contribution is 0.765. The standard InChI is InChI=1S/C15H17N3/c1-11-6-7-13-12(10-11)4-3-9-18(13)14-5-2-8-17-15(14)16/h2,5-8,10H,3-4,9H2,1H3,(H2,16,17). The minimum absolute atomic E-state index is 0.603. The number of aromatic nitrogens is 1. The van der Waals surface area contributed by atoms with E-state index in [0.29, 0.717) is 5.82 Å². The maximum absolute atomic E-state index is 5.99. The number of aryl methyl sites for hydroxylation is 2. The molecule has 1 aromatic heterocycles. The first-order valence-corrected chi connectivity index (χ1v) is 6.33. The maximum Gasteiger partial charge on any atom is 0.147 e. The second kappa shape index (κ2) is 4.33. The predicted octanol–water partition coefficient (Wildman–Crippen LogP) is 3.06. The molecule has 3 rings (SSSR count). The summed E-state index contributed by atoms with van der Waals surface area (Å²) in [5, 5.41) is 0. The molecule has 0 unspecified atom stereocenters. The Labute approximate surface area is 107 Å². The highest BCUT2D eigenvalue weighted by Gasteiger charge is 2.19. The summed E-state index contributed by atoms with van der Waals surface area (Å²) in [6, 6.07) is 10.6. The average molecular weight is 239 g/mol. The monoisotopic (exact) mass is 239 g/mol. The molecule has 3 heteroatoms. The van der Waals surface area contributed by atoms with Gasteiger partial charge in [0.2, 0.25) is 0 Å². The molecule has 2 N–H and O–H groups in total. The van der Waals surface area contributed by atoms with Crippen LogP contribution in [-0.4, -0.2) is 11.5 Å². The molecule has 1 aromatic carbocycles. The third-order valence-corrected chi connectivity index (χ3v) is 3.46. The lowest BCUT2D eigenvalue weighted by Crippen LogP contribution is -2.25. The number of anilines is 3. The van der Waals surface area contributed by atoms with Crippen molar-refractivity contribution in [1.82, 2.24) is 4.98 Å². The van der Waals surface area contributed by atoms with Crippen LogP contribution >= 0.6 is 0 Å². The minimum atomic E-state index is 0.603. The number of nitrogen functional groups attached to an aromatic ring is 1. The van der Waals surface area contributed by atoms with Crippen molar-refractivity contribution in [2.45, 2.75) is 19.8 Å². The van der Waals surface area contributed by atoms with Crippen molar-refractivity contribution in [3.63, 3.8) is 0 Å². The first-order chi connectivity index (χ1) is 8.75. The summed E-state index contributed by atoms with van der Waals surface area (Å²) >= 11 is 0. The molecular formula is C15H17N3. The van der Waals surface area contributed by atoms with Crippen LogP contribution < -0.4 is 10.6 Å². The van der Waals surface area contributed by atoms with Gasteiger partial charge in [-0.3, -0.25) is 0 Å². The first kappa shape index (κ1) is 11.1. The fourth-order valence-electron chi connectivity index (χ4n) is 2.61. The molecule has 18 heavy (non-hydrogen) atoms. The second-order valence-electron chi connectivity index (χ2n) is 4.80. The number of nitrogens with two attached hydrogens (primary N) is 1. The van der Waals surface area contributed by atoms with E-state index in [1.807, 2.05) is 12.1 Å². The molecule has 0 bridgehead atoms. The molecular weight excluding hydrogens is 222 g/mol. The van der Waals surface area contributed by atoms with Gasteiger partial charge in [0.15, 0.2) is 0 Å². The van der Waals surface area contributed by atoms with Gasteiger partial charge < -0.3 is 10.6 Å². The fraction of sp³-hybridized carbons (Fsp3) is 0.267. The molecule has 0 saturated heterocycles. The van der Waals surface area contributed by atoms with Crippen LogP contribution in [0.2, 0.25) is 0 Å². The van der Waals surface area contributed by atoms with Gasteiger partial charge in [0, 0.05) is 18.4 Å². The summed E-state index contributed by atoms with van der Waals surface area (Å²) in [5.41, 5.74) is 11.0. The number of hydrogen-bond acceptors (Lipinski definition) is 3. The molecule has 92 valence electrons. The van der Waals surface area contributed by atoms with Crippen molar-refractivity contribution < 1.29 is 0 Å². The molecule has 0 radical (unpaired) electrons. The van der Waals surface area contributed by atoms with Crippen LogP contribution in [0.15, 0.2) is 36.5 Å². The van der Waals surface area contributed by atoms with E-state index in [9.17, 15) is 0 Å². The van der Waals surface area contributed by atoms with Crippen molar-refractivity contribution in [3.05, 3.63) is 47.7 Å². The van der Waals surface area contributed by atoms with Gasteiger partial charge in [0.25, 0.3) is 0 Å². The Kier molecular flexibility index (Phi) is 2.67. The zero-order chi connectivity index (χ0) is 12.5. The maximum atomic E-state index is 5.99. The molecule has 1 aliphatic rings. The van der Waals surface area contributed by atoms with Gasteiger partial charge in [0.05, 0.1) is 5.69 Å². The number of pyridine rings is 1. The Morgan fingerprint density at radius 2 is 2.11 bits per heavy atom. The molecule has 3 nitrogen and oxygen atoms in total. The zero-order valence-corrected chi connectivity index (χ0v) is 10.6. The van der Waals surface area contributed by atoms with E-state index in [1.165, 1.54) is 16.8 Å². The quantitative estimate of drug-likeness (QED) is 0.831. The summed E-state index contributed by atoms with van der Waals surface area (Å²) in [5.74, 6) is 0.603. The number of rotatable bonds is 1. The molecule has 0 spiro atoms. The first-order valence-electron chi connectivity index (χ1n) is 6.33. The van der Waals surface area contributed by atoms with Crippen molar-refractivity contribution in [1.29, 1.82) is 0 Å². The number of nitrogens with zero attached hydrogens (tertiary/aromatic N) is 2. The molecule has 0 atom stereocenters. The Morgan fingerprint density at radius 1 is 1.22 bits per heavy atom. The van der Waals surface area contributed by atoms with E-state index in [1.54, 1.807) is 6.20 Å². The smallest absolute Gasteiger partial charge is 0.147 e. The largest absolute Gasteiger partial charge is 0.382 e. The van der Waals surface area contributed by atoms with Crippen LogP contribution in [0.4, 0.5) is 17.2 Å². The van der Waals surface area contributed by atoms with E-state index in [4.69, 9.17) is 5.73 Å². The Morgan fingerprint density at radius 3 is 2.94 bits per heavy atom. The lowest BCUT2D eigenvalue weighted by Gasteiger charge is -2.32. The van der Waals surface area contributed by atoms with Crippen molar-refractivity contribution in [3.8, 4) is 0 Å². The minimum Gasteiger partial charge on any atom is -0.382 e. The van der Waals surface area contributed by atoms with Gasteiger partial charge in [-0.1, -0.05) is 17.7 Å². The number of hydrogen-bond donors (Lipinski definition) is 1. The summed E-state index contributed by atoms with van der Waals surface area (Å²) < 4.78 is 0. The van der Waals surface area contributed by atoms with Crippen molar-refractivity contribution in [2.24, 2.45) is 0 Å². The Hall–Kier alpha value is -2.03. The topological polar surface area (TPSA) is 42.2 Å². The number of benzene rings is 1. The molecule has 1 aliphatic heterocycles. The highest BCUT2D eigenvalue weighted by atomic mass is 15.2.